The van der Waals surface area contributed by atoms with E-state index >= 15 is 0 Å². The third-order valence-corrected chi connectivity index (χ3v) is 7.68. The van der Waals surface area contributed by atoms with Crippen molar-refractivity contribution in [3.05, 3.63) is 59.7 Å². The van der Waals surface area contributed by atoms with E-state index in [2.05, 4.69) is 10.2 Å². The van der Waals surface area contributed by atoms with Crippen LogP contribution in [0.15, 0.2) is 48.5 Å². The first-order chi connectivity index (χ1) is 17.5. The molecular formula is C28H37N3O5. The number of nitrogens with one attached hydrogen (secondary N) is 1. The number of hydrogen-bond donors (Lipinski definition) is 1. The third kappa shape index (κ3) is 5.93. The van der Waals surface area contributed by atoms with E-state index in [4.69, 9.17) is 14.2 Å². The summed E-state index contributed by atoms with van der Waals surface area (Å²) in [5.41, 5.74) is 1.90. The summed E-state index contributed by atoms with van der Waals surface area (Å²) in [6.07, 6.45) is 2.99. The highest BCUT2D eigenvalue weighted by atomic mass is 16.5. The smallest absolute Gasteiger partial charge is 0.407 e. The summed E-state index contributed by atoms with van der Waals surface area (Å²) in [4.78, 5) is 29.7. The molecule has 0 bridgehead atoms. The fraction of sp³-hybridized carbons (Fsp3) is 0.500. The second-order valence-electron chi connectivity index (χ2n) is 9.70. The van der Waals surface area contributed by atoms with Gasteiger partial charge in [-0.3, -0.25) is 4.79 Å². The number of alkyl carbamates (subject to hydrolysis) is 1. The lowest BCUT2D eigenvalue weighted by atomic mass is 9.77. The van der Waals surface area contributed by atoms with Crippen LogP contribution in [-0.4, -0.2) is 69.3 Å². The minimum absolute atomic E-state index is 0.160. The summed E-state index contributed by atoms with van der Waals surface area (Å²) in [6, 6.07) is 15.5. The summed E-state index contributed by atoms with van der Waals surface area (Å²) in [7, 11) is 4.67. The largest absolute Gasteiger partial charge is 0.497 e. The normalized spacial score (nSPS) is 18.2. The fourth-order valence-electron chi connectivity index (χ4n) is 5.33. The van der Waals surface area contributed by atoms with E-state index in [1.807, 2.05) is 53.4 Å². The van der Waals surface area contributed by atoms with Crippen molar-refractivity contribution in [3.8, 4) is 11.5 Å². The van der Waals surface area contributed by atoms with E-state index in [0.29, 0.717) is 12.5 Å². The van der Waals surface area contributed by atoms with Gasteiger partial charge in [0.25, 0.3) is 0 Å². The highest BCUT2D eigenvalue weighted by molar-refractivity contribution is 5.85. The Morgan fingerprint density at radius 2 is 1.50 bits per heavy atom. The van der Waals surface area contributed by atoms with Crippen LogP contribution in [0.3, 0.4) is 0 Å². The Hall–Kier alpha value is -3.26. The SMILES string of the molecule is COC(=O)NC(CCN1CCC2(CC1)CCN(Cc1ccc(OC)cc1)C2=O)c1ccc(OC)cc1. The maximum Gasteiger partial charge on any atom is 0.407 e. The zero-order chi connectivity index (χ0) is 25.5. The maximum absolute atomic E-state index is 13.4. The van der Waals surface area contributed by atoms with Gasteiger partial charge >= 0.3 is 6.09 Å². The van der Waals surface area contributed by atoms with Gasteiger partial charge in [0.1, 0.15) is 11.5 Å². The lowest BCUT2D eigenvalue weighted by Crippen LogP contribution is -2.45. The Balaban J connectivity index is 1.30. The topological polar surface area (TPSA) is 80.3 Å². The number of rotatable bonds is 9. The number of methoxy groups -OCH3 is 3. The van der Waals surface area contributed by atoms with E-state index in [9.17, 15) is 9.59 Å². The summed E-state index contributed by atoms with van der Waals surface area (Å²) in [5.74, 6) is 1.90. The molecule has 36 heavy (non-hydrogen) atoms. The van der Waals surface area contributed by atoms with Gasteiger partial charge in [0, 0.05) is 19.6 Å². The molecule has 8 nitrogen and oxygen atoms in total. The summed E-state index contributed by atoms with van der Waals surface area (Å²) < 4.78 is 15.3. The fourth-order valence-corrected chi connectivity index (χ4v) is 5.33. The first-order valence-electron chi connectivity index (χ1n) is 12.6. The number of piperidine rings is 1. The van der Waals surface area contributed by atoms with Crippen LogP contribution in [-0.2, 0) is 16.1 Å². The molecule has 2 aromatic carbocycles. The minimum Gasteiger partial charge on any atom is -0.497 e. The molecule has 8 heteroatoms. The van der Waals surface area contributed by atoms with Crippen molar-refractivity contribution in [1.82, 2.24) is 15.1 Å². The number of carbonyl (C=O) groups is 2. The van der Waals surface area contributed by atoms with E-state index in [0.717, 1.165) is 74.5 Å². The van der Waals surface area contributed by atoms with Crippen LogP contribution in [0.2, 0.25) is 0 Å². The summed E-state index contributed by atoms with van der Waals surface area (Å²) in [6.45, 7) is 4.07. The predicted octanol–water partition coefficient (Wildman–Crippen LogP) is 4.01. The number of likely N-dealkylation sites (tertiary alicyclic amines) is 2. The highest BCUT2D eigenvalue weighted by Crippen LogP contribution is 2.42. The van der Waals surface area contributed by atoms with Gasteiger partial charge in [-0.1, -0.05) is 24.3 Å². The Morgan fingerprint density at radius 3 is 2.08 bits per heavy atom. The monoisotopic (exact) mass is 495 g/mol. The quantitative estimate of drug-likeness (QED) is 0.566. The molecule has 2 fully saturated rings. The van der Waals surface area contributed by atoms with Gasteiger partial charge < -0.3 is 29.3 Å². The minimum atomic E-state index is -0.443. The number of nitrogens with zero attached hydrogens (tertiary/aromatic N) is 2. The Kier molecular flexibility index (Phi) is 8.36. The molecule has 0 radical (unpaired) electrons. The van der Waals surface area contributed by atoms with Crippen molar-refractivity contribution in [2.75, 3.05) is 47.5 Å². The molecule has 1 N–H and O–H groups in total. The van der Waals surface area contributed by atoms with Crippen LogP contribution in [0, 0.1) is 5.41 Å². The molecule has 1 atom stereocenters. The van der Waals surface area contributed by atoms with E-state index < -0.39 is 6.09 Å². The van der Waals surface area contributed by atoms with Gasteiger partial charge in [-0.15, -0.1) is 0 Å². The zero-order valence-electron chi connectivity index (χ0n) is 21.5. The molecule has 194 valence electrons. The van der Waals surface area contributed by atoms with Crippen molar-refractivity contribution < 1.29 is 23.8 Å². The van der Waals surface area contributed by atoms with Crippen molar-refractivity contribution in [2.24, 2.45) is 5.41 Å². The molecule has 2 aliphatic heterocycles. The van der Waals surface area contributed by atoms with Crippen molar-refractivity contribution in [3.63, 3.8) is 0 Å². The van der Waals surface area contributed by atoms with E-state index in [-0.39, 0.29) is 11.5 Å². The molecule has 0 saturated carbocycles. The number of ether oxygens (including phenoxy) is 3. The van der Waals surface area contributed by atoms with E-state index in [1.165, 1.54) is 7.11 Å². The molecule has 0 aliphatic carbocycles. The molecule has 2 saturated heterocycles. The lowest BCUT2D eigenvalue weighted by Gasteiger charge is -2.38. The van der Waals surface area contributed by atoms with Gasteiger partial charge in [0.05, 0.1) is 32.8 Å². The first-order valence-corrected chi connectivity index (χ1v) is 12.6. The molecule has 1 unspecified atom stereocenters. The standard InChI is InChI=1S/C28H37N3O5/c1-34-23-8-4-21(5-9-23)20-31-19-15-28(26(31)32)13-17-30(18-14-28)16-12-25(29-27(33)36-3)22-6-10-24(35-2)11-7-22/h4-11,25H,12-20H2,1-3H3,(H,29,33). The van der Waals surface area contributed by atoms with Gasteiger partial charge in [0.15, 0.2) is 0 Å². The Morgan fingerprint density at radius 1 is 0.917 bits per heavy atom. The zero-order valence-corrected chi connectivity index (χ0v) is 21.5. The Labute approximate surface area is 213 Å². The first kappa shape index (κ1) is 25.8. The Bertz CT molecular complexity index is 1020. The second-order valence-corrected chi connectivity index (χ2v) is 9.70. The van der Waals surface area contributed by atoms with Gasteiger partial charge in [-0.2, -0.15) is 0 Å². The molecule has 1 spiro atoms. The van der Waals surface area contributed by atoms with Crippen LogP contribution in [0.25, 0.3) is 0 Å². The van der Waals surface area contributed by atoms with Gasteiger partial charge in [-0.05, 0) is 74.2 Å². The molecule has 2 aliphatic rings. The average molecular weight is 496 g/mol. The average Bonchev–Trinajstić information content (AvgIpc) is 3.22. The number of amides is 2. The summed E-state index contributed by atoms with van der Waals surface area (Å²) in [5, 5.41) is 2.95. The third-order valence-electron chi connectivity index (χ3n) is 7.68. The van der Waals surface area contributed by atoms with Gasteiger partial charge in [-0.25, -0.2) is 4.79 Å². The number of hydrogen-bond acceptors (Lipinski definition) is 6. The van der Waals surface area contributed by atoms with Crippen LogP contribution >= 0.6 is 0 Å². The number of benzene rings is 2. The van der Waals surface area contributed by atoms with E-state index in [1.54, 1.807) is 14.2 Å². The lowest BCUT2D eigenvalue weighted by molar-refractivity contribution is -0.138. The van der Waals surface area contributed by atoms with Crippen LogP contribution in [0.4, 0.5) is 4.79 Å². The van der Waals surface area contributed by atoms with Crippen LogP contribution in [0.5, 0.6) is 11.5 Å². The predicted molar refractivity (Wildman–Crippen MR) is 137 cm³/mol. The van der Waals surface area contributed by atoms with Crippen molar-refractivity contribution in [1.29, 1.82) is 0 Å². The second kappa shape index (κ2) is 11.6. The highest BCUT2D eigenvalue weighted by Gasteiger charge is 2.47. The molecule has 2 heterocycles. The van der Waals surface area contributed by atoms with Crippen LogP contribution in [0.1, 0.15) is 42.9 Å². The van der Waals surface area contributed by atoms with Crippen molar-refractivity contribution in [2.45, 2.75) is 38.3 Å². The molecular weight excluding hydrogens is 458 g/mol. The molecule has 2 aromatic rings. The molecule has 4 rings (SSSR count). The summed E-state index contributed by atoms with van der Waals surface area (Å²) >= 11 is 0. The van der Waals surface area contributed by atoms with Gasteiger partial charge in [0.2, 0.25) is 5.91 Å². The van der Waals surface area contributed by atoms with Crippen molar-refractivity contribution >= 4 is 12.0 Å². The number of carbonyl (C=O) groups excluding carboxylic acids is 2. The molecule has 2 amide bonds. The molecule has 0 aromatic heterocycles. The van der Waals surface area contributed by atoms with Crippen LogP contribution < -0.4 is 14.8 Å². The maximum atomic E-state index is 13.4.